The van der Waals surface area contributed by atoms with E-state index in [1.165, 1.54) is 6.26 Å². The van der Waals surface area contributed by atoms with Gasteiger partial charge in [0.15, 0.2) is 9.84 Å². The Bertz CT molecular complexity index is 884. The zero-order chi connectivity index (χ0) is 18.8. The van der Waals surface area contributed by atoms with Crippen LogP contribution in [0.2, 0.25) is 0 Å². The number of aliphatic hydroxyl groups is 1. The number of β-amino-alcohol motifs (C(OH)–C–C–N with tert-alkyl or cyclic N) is 1. The summed E-state index contributed by atoms with van der Waals surface area (Å²) in [6, 6.07) is 13.7. The number of amides is 1. The topological polar surface area (TPSA) is 95.5 Å². The summed E-state index contributed by atoms with van der Waals surface area (Å²) in [4.78, 5) is 12.5. The first-order valence-electron chi connectivity index (χ1n) is 8.39. The SMILES string of the molecule is CS(=O)(=O)c1ccc(-c2ccc(C(=O)NCC3(O)CCNC3)cc2)cc1. The number of benzene rings is 2. The lowest BCUT2D eigenvalue weighted by molar-refractivity contribution is 0.0562. The Morgan fingerprint density at radius 1 is 1.12 bits per heavy atom. The van der Waals surface area contributed by atoms with Crippen molar-refractivity contribution in [3.63, 3.8) is 0 Å². The number of rotatable bonds is 5. The molecule has 1 saturated heterocycles. The smallest absolute Gasteiger partial charge is 0.251 e. The lowest BCUT2D eigenvalue weighted by Crippen LogP contribution is -2.44. The molecule has 1 aliphatic heterocycles. The number of sulfone groups is 1. The van der Waals surface area contributed by atoms with E-state index in [0.717, 1.165) is 17.7 Å². The molecular formula is C19H22N2O4S. The average Bonchev–Trinajstić information content (AvgIpc) is 3.06. The molecular weight excluding hydrogens is 352 g/mol. The first kappa shape index (κ1) is 18.6. The van der Waals surface area contributed by atoms with Crippen LogP contribution in [0.25, 0.3) is 11.1 Å². The molecule has 0 aliphatic carbocycles. The second-order valence-corrected chi connectivity index (χ2v) is 8.72. The van der Waals surface area contributed by atoms with Gasteiger partial charge in [0.05, 0.1) is 10.5 Å². The molecule has 2 aromatic rings. The molecule has 1 amide bonds. The molecule has 138 valence electrons. The summed E-state index contributed by atoms with van der Waals surface area (Å²) in [6.45, 7) is 1.45. The molecule has 2 aromatic carbocycles. The van der Waals surface area contributed by atoms with Gasteiger partial charge in [-0.1, -0.05) is 24.3 Å². The highest BCUT2D eigenvalue weighted by Gasteiger charge is 2.31. The van der Waals surface area contributed by atoms with Gasteiger partial charge in [0.2, 0.25) is 0 Å². The van der Waals surface area contributed by atoms with E-state index in [1.807, 2.05) is 12.1 Å². The highest BCUT2D eigenvalue weighted by molar-refractivity contribution is 7.90. The molecule has 0 bridgehead atoms. The van der Waals surface area contributed by atoms with Crippen LogP contribution in [-0.4, -0.2) is 50.9 Å². The molecule has 26 heavy (non-hydrogen) atoms. The molecule has 1 atom stereocenters. The van der Waals surface area contributed by atoms with Crippen molar-refractivity contribution in [3.05, 3.63) is 54.1 Å². The standard InChI is InChI=1S/C19H22N2O4S/c1-26(24,25)17-8-6-15(7-9-17)14-2-4-16(5-3-14)18(22)21-13-19(23)10-11-20-12-19/h2-9,20,23H,10-13H2,1H3,(H,21,22). The monoisotopic (exact) mass is 374 g/mol. The minimum absolute atomic E-state index is 0.216. The molecule has 0 saturated carbocycles. The quantitative estimate of drug-likeness (QED) is 0.731. The predicted molar refractivity (Wildman–Crippen MR) is 99.8 cm³/mol. The zero-order valence-electron chi connectivity index (χ0n) is 14.5. The molecule has 1 aliphatic rings. The molecule has 0 spiro atoms. The maximum Gasteiger partial charge on any atom is 0.251 e. The van der Waals surface area contributed by atoms with E-state index in [1.54, 1.807) is 36.4 Å². The molecule has 1 fully saturated rings. The van der Waals surface area contributed by atoms with Gasteiger partial charge in [-0.2, -0.15) is 0 Å². The van der Waals surface area contributed by atoms with Crippen LogP contribution in [0.15, 0.2) is 53.4 Å². The van der Waals surface area contributed by atoms with E-state index in [9.17, 15) is 18.3 Å². The number of nitrogens with one attached hydrogen (secondary N) is 2. The Morgan fingerprint density at radius 3 is 2.19 bits per heavy atom. The molecule has 7 heteroatoms. The Kier molecular flexibility index (Phi) is 5.13. The Morgan fingerprint density at radius 2 is 1.69 bits per heavy atom. The van der Waals surface area contributed by atoms with Crippen molar-refractivity contribution < 1.29 is 18.3 Å². The minimum Gasteiger partial charge on any atom is -0.387 e. The van der Waals surface area contributed by atoms with Crippen LogP contribution in [0.5, 0.6) is 0 Å². The average molecular weight is 374 g/mol. The van der Waals surface area contributed by atoms with Gasteiger partial charge in [-0.25, -0.2) is 8.42 Å². The molecule has 1 heterocycles. The predicted octanol–water partition coefficient (Wildman–Crippen LogP) is 1.21. The van der Waals surface area contributed by atoms with Crippen molar-refractivity contribution in [3.8, 4) is 11.1 Å². The van der Waals surface area contributed by atoms with Crippen LogP contribution >= 0.6 is 0 Å². The summed E-state index contributed by atoms with van der Waals surface area (Å²) >= 11 is 0. The Labute approximate surface area is 153 Å². The summed E-state index contributed by atoms with van der Waals surface area (Å²) in [7, 11) is -3.22. The van der Waals surface area contributed by atoms with Gasteiger partial charge in [-0.3, -0.25) is 4.79 Å². The van der Waals surface area contributed by atoms with Gasteiger partial charge in [0.25, 0.3) is 5.91 Å². The molecule has 1 unspecified atom stereocenters. The van der Waals surface area contributed by atoms with Crippen molar-refractivity contribution >= 4 is 15.7 Å². The van der Waals surface area contributed by atoms with E-state index in [2.05, 4.69) is 10.6 Å². The third-order valence-corrected chi connectivity index (χ3v) is 5.69. The molecule has 0 aromatic heterocycles. The van der Waals surface area contributed by atoms with Crippen molar-refractivity contribution in [2.24, 2.45) is 0 Å². The fraction of sp³-hybridized carbons (Fsp3) is 0.316. The fourth-order valence-corrected chi connectivity index (χ4v) is 3.57. The van der Waals surface area contributed by atoms with Crippen molar-refractivity contribution in [1.29, 1.82) is 0 Å². The molecule has 6 nitrogen and oxygen atoms in total. The van der Waals surface area contributed by atoms with Crippen LogP contribution in [0.3, 0.4) is 0 Å². The van der Waals surface area contributed by atoms with Gasteiger partial charge in [0.1, 0.15) is 0 Å². The fourth-order valence-electron chi connectivity index (χ4n) is 2.94. The number of carbonyl (C=O) groups is 1. The van der Waals surface area contributed by atoms with Gasteiger partial charge in [-0.15, -0.1) is 0 Å². The normalized spacial score (nSPS) is 20.1. The van der Waals surface area contributed by atoms with Gasteiger partial charge >= 0.3 is 0 Å². The Hall–Kier alpha value is -2.22. The summed E-state index contributed by atoms with van der Waals surface area (Å²) in [5.41, 5.74) is 1.39. The highest BCUT2D eigenvalue weighted by atomic mass is 32.2. The molecule has 3 N–H and O–H groups in total. The zero-order valence-corrected chi connectivity index (χ0v) is 15.3. The maximum atomic E-state index is 12.2. The largest absolute Gasteiger partial charge is 0.387 e. The Balaban J connectivity index is 1.67. The number of carbonyl (C=O) groups excluding carboxylic acids is 1. The van der Waals surface area contributed by atoms with Crippen LogP contribution in [0.4, 0.5) is 0 Å². The summed E-state index contributed by atoms with van der Waals surface area (Å²) < 4.78 is 23.0. The summed E-state index contributed by atoms with van der Waals surface area (Å²) in [5, 5.41) is 16.1. The minimum atomic E-state index is -3.22. The van der Waals surface area contributed by atoms with E-state index in [4.69, 9.17) is 0 Å². The number of hydrogen-bond acceptors (Lipinski definition) is 5. The second kappa shape index (κ2) is 7.19. The number of hydrogen-bond donors (Lipinski definition) is 3. The summed E-state index contributed by atoms with van der Waals surface area (Å²) in [5.74, 6) is -0.232. The van der Waals surface area contributed by atoms with E-state index in [-0.39, 0.29) is 17.3 Å². The van der Waals surface area contributed by atoms with Gasteiger partial charge in [-0.05, 0) is 48.4 Å². The first-order valence-corrected chi connectivity index (χ1v) is 10.3. The second-order valence-electron chi connectivity index (χ2n) is 6.71. The van der Waals surface area contributed by atoms with Crippen LogP contribution < -0.4 is 10.6 Å². The van der Waals surface area contributed by atoms with Gasteiger partial charge < -0.3 is 15.7 Å². The lowest BCUT2D eigenvalue weighted by Gasteiger charge is -2.21. The van der Waals surface area contributed by atoms with Crippen molar-refractivity contribution in [2.45, 2.75) is 16.9 Å². The van der Waals surface area contributed by atoms with Crippen molar-refractivity contribution in [2.75, 3.05) is 25.9 Å². The van der Waals surface area contributed by atoms with E-state index < -0.39 is 15.4 Å². The van der Waals surface area contributed by atoms with Crippen LogP contribution in [0.1, 0.15) is 16.8 Å². The van der Waals surface area contributed by atoms with Crippen LogP contribution in [-0.2, 0) is 9.84 Å². The summed E-state index contributed by atoms with van der Waals surface area (Å²) in [6.07, 6.45) is 1.79. The van der Waals surface area contributed by atoms with Gasteiger partial charge in [0, 0.05) is 24.9 Å². The third-order valence-electron chi connectivity index (χ3n) is 4.56. The first-order chi connectivity index (χ1) is 12.3. The van der Waals surface area contributed by atoms with E-state index >= 15 is 0 Å². The highest BCUT2D eigenvalue weighted by Crippen LogP contribution is 2.22. The third kappa shape index (κ3) is 4.30. The van der Waals surface area contributed by atoms with E-state index in [0.29, 0.717) is 18.5 Å². The van der Waals surface area contributed by atoms with Crippen LogP contribution in [0, 0.1) is 0 Å². The lowest BCUT2D eigenvalue weighted by atomic mass is 10.0. The van der Waals surface area contributed by atoms with Crippen molar-refractivity contribution in [1.82, 2.24) is 10.6 Å². The molecule has 0 radical (unpaired) electrons. The maximum absolute atomic E-state index is 12.2. The molecule has 3 rings (SSSR count).